The van der Waals surface area contributed by atoms with E-state index in [2.05, 4.69) is 10.1 Å². The van der Waals surface area contributed by atoms with Gasteiger partial charge in [0.2, 0.25) is 5.82 Å². The van der Waals surface area contributed by atoms with Crippen LogP contribution in [0.15, 0.2) is 94.3 Å². The molecule has 222 valence electrons. The van der Waals surface area contributed by atoms with Crippen molar-refractivity contribution >= 4 is 55.7 Å². The Bertz CT molecular complexity index is 1870. The summed E-state index contributed by atoms with van der Waals surface area (Å²) in [6, 6.07) is 23.7. The average molecular weight is 641 g/mol. The highest BCUT2D eigenvalue weighted by Gasteiger charge is 2.30. The van der Waals surface area contributed by atoms with E-state index in [1.54, 1.807) is 45.0 Å². The fraction of sp³-hybridized carbons (Fsp3) is 0.194. The Labute approximate surface area is 259 Å². The van der Waals surface area contributed by atoms with Gasteiger partial charge in [0.05, 0.1) is 10.6 Å². The summed E-state index contributed by atoms with van der Waals surface area (Å²) >= 11 is 12.2. The maximum Gasteiger partial charge on any atom is 0.327 e. The highest BCUT2D eigenvalue weighted by molar-refractivity contribution is 7.92. The monoisotopic (exact) mass is 639 g/mol. The second-order valence-electron chi connectivity index (χ2n) is 10.5. The number of rotatable bonds is 9. The molecule has 5 rings (SSSR count). The molecule has 9 nitrogen and oxygen atoms in total. The minimum atomic E-state index is -4.30. The van der Waals surface area contributed by atoms with Crippen molar-refractivity contribution < 1.29 is 27.2 Å². The second kappa shape index (κ2) is 12.2. The van der Waals surface area contributed by atoms with Gasteiger partial charge in [-0.2, -0.15) is 4.98 Å². The number of aromatic nitrogens is 2. The smallest absolute Gasteiger partial charge is 0.327 e. The minimum absolute atomic E-state index is 0.118. The van der Waals surface area contributed by atoms with Gasteiger partial charge >= 0.3 is 5.97 Å². The van der Waals surface area contributed by atoms with E-state index in [9.17, 15) is 13.2 Å². The number of sulfonamides is 1. The van der Waals surface area contributed by atoms with Crippen molar-refractivity contribution in [3.8, 4) is 17.2 Å². The molecule has 4 aromatic carbocycles. The third-order valence-electron chi connectivity index (χ3n) is 6.08. The van der Waals surface area contributed by atoms with Crippen molar-refractivity contribution in [1.82, 2.24) is 10.1 Å². The molecular formula is C31H27Cl2N3O6S. The first kappa shape index (κ1) is 30.3. The molecule has 0 aliphatic carbocycles. The number of carbonyl (C=O) groups is 1. The molecule has 0 unspecified atom stereocenters. The predicted octanol–water partition coefficient (Wildman–Crippen LogP) is 7.31. The summed E-state index contributed by atoms with van der Waals surface area (Å²) in [5.74, 6) is 0.589. The zero-order valence-corrected chi connectivity index (χ0v) is 25.8. The molecule has 0 radical (unpaired) electrons. The molecule has 0 aliphatic rings. The first-order valence-electron chi connectivity index (χ1n) is 13.1. The Morgan fingerprint density at radius 1 is 0.930 bits per heavy atom. The third-order valence-corrected chi connectivity index (χ3v) is 8.27. The van der Waals surface area contributed by atoms with Crippen LogP contribution in [0.25, 0.3) is 22.2 Å². The largest absolute Gasteiger partial charge is 0.485 e. The van der Waals surface area contributed by atoms with Crippen molar-refractivity contribution in [1.29, 1.82) is 0 Å². The summed E-state index contributed by atoms with van der Waals surface area (Å²) in [5.41, 5.74) is 0.0546. The van der Waals surface area contributed by atoms with Gasteiger partial charge in [0.25, 0.3) is 15.9 Å². The zero-order chi connectivity index (χ0) is 30.8. The van der Waals surface area contributed by atoms with E-state index in [-0.39, 0.29) is 33.1 Å². The Balaban J connectivity index is 1.50. The number of hydrogen-bond donors (Lipinski definition) is 0. The van der Waals surface area contributed by atoms with Crippen LogP contribution >= 0.6 is 23.2 Å². The van der Waals surface area contributed by atoms with Crippen molar-refractivity contribution in [3.63, 3.8) is 0 Å². The summed E-state index contributed by atoms with van der Waals surface area (Å²) in [6.07, 6.45) is 0. The van der Waals surface area contributed by atoms with Gasteiger partial charge in [-0.05, 0) is 80.1 Å². The highest BCUT2D eigenvalue weighted by atomic mass is 35.5. The topological polar surface area (TPSA) is 112 Å². The fourth-order valence-electron chi connectivity index (χ4n) is 4.31. The van der Waals surface area contributed by atoms with Crippen molar-refractivity contribution in [2.45, 2.75) is 37.9 Å². The summed E-state index contributed by atoms with van der Waals surface area (Å²) in [6.45, 7) is 4.65. The predicted molar refractivity (Wildman–Crippen MR) is 165 cm³/mol. The van der Waals surface area contributed by atoms with Crippen LogP contribution in [0.2, 0.25) is 10.0 Å². The molecule has 0 N–H and O–H groups in total. The average Bonchev–Trinajstić information content (AvgIpc) is 3.42. The van der Waals surface area contributed by atoms with Crippen LogP contribution < -0.4 is 9.04 Å². The highest BCUT2D eigenvalue weighted by Crippen LogP contribution is 2.34. The molecule has 43 heavy (non-hydrogen) atoms. The molecular weight excluding hydrogens is 613 g/mol. The molecule has 1 heterocycles. The summed E-state index contributed by atoms with van der Waals surface area (Å²) in [7, 11) is -4.30. The molecule has 0 aliphatic heterocycles. The first-order chi connectivity index (χ1) is 20.4. The molecule has 5 aromatic rings. The number of para-hydroxylation sites is 1. The van der Waals surface area contributed by atoms with Crippen LogP contribution in [0.5, 0.6) is 5.75 Å². The molecule has 0 saturated heterocycles. The number of anilines is 1. The Morgan fingerprint density at radius 3 is 2.35 bits per heavy atom. The van der Waals surface area contributed by atoms with Gasteiger partial charge in [0.15, 0.2) is 6.61 Å². The van der Waals surface area contributed by atoms with Gasteiger partial charge in [-0.25, -0.2) is 8.42 Å². The van der Waals surface area contributed by atoms with Gasteiger partial charge < -0.3 is 14.0 Å². The number of hydrogen-bond acceptors (Lipinski definition) is 8. The van der Waals surface area contributed by atoms with Gasteiger partial charge in [-0.15, -0.1) is 0 Å². The molecule has 0 fully saturated rings. The van der Waals surface area contributed by atoms with E-state index in [0.29, 0.717) is 22.5 Å². The van der Waals surface area contributed by atoms with E-state index in [4.69, 9.17) is 37.2 Å². The van der Waals surface area contributed by atoms with Crippen LogP contribution in [0.1, 0.15) is 26.6 Å². The number of fused-ring (bicyclic) bond motifs is 1. The standard InChI is InChI=1S/C31H27Cl2N3O6S/c1-31(2,3)41-29(37)18-36(43(38,39)25-16-21(32)15-22(33)17-25)23-12-13-26-20(14-23)8-7-11-27(26)30-34-28(35-42-30)19-40-24-9-5-4-6-10-24/h4-17H,18-19H2,1-3H3. The normalized spacial score (nSPS) is 11.8. The van der Waals surface area contributed by atoms with Gasteiger partial charge in [-0.3, -0.25) is 9.10 Å². The van der Waals surface area contributed by atoms with Crippen LogP contribution in [0.3, 0.4) is 0 Å². The second-order valence-corrected chi connectivity index (χ2v) is 13.3. The number of ether oxygens (including phenoxy) is 2. The van der Waals surface area contributed by atoms with Crippen LogP contribution in [-0.4, -0.2) is 36.7 Å². The lowest BCUT2D eigenvalue weighted by molar-refractivity contribution is -0.152. The quantitative estimate of drug-likeness (QED) is 0.154. The summed E-state index contributed by atoms with van der Waals surface area (Å²) in [5, 5.41) is 5.71. The molecule has 0 atom stereocenters. The molecule has 0 saturated carbocycles. The summed E-state index contributed by atoms with van der Waals surface area (Å²) < 4.78 is 45.4. The maximum absolute atomic E-state index is 13.9. The first-order valence-corrected chi connectivity index (χ1v) is 15.3. The van der Waals surface area contributed by atoms with Crippen molar-refractivity contribution in [3.05, 3.63) is 101 Å². The van der Waals surface area contributed by atoms with Gasteiger partial charge in [-0.1, -0.05) is 64.8 Å². The summed E-state index contributed by atoms with van der Waals surface area (Å²) in [4.78, 5) is 17.2. The molecule has 1 aromatic heterocycles. The maximum atomic E-state index is 13.9. The lowest BCUT2D eigenvalue weighted by Crippen LogP contribution is -2.39. The fourth-order valence-corrected chi connectivity index (χ4v) is 6.44. The Kier molecular flexibility index (Phi) is 8.64. The number of esters is 1. The van der Waals surface area contributed by atoms with E-state index in [1.807, 2.05) is 42.5 Å². The minimum Gasteiger partial charge on any atom is -0.485 e. The number of halogens is 2. The molecule has 0 spiro atoms. The van der Waals surface area contributed by atoms with Crippen LogP contribution in [-0.2, 0) is 26.2 Å². The number of benzene rings is 4. The molecule has 0 bridgehead atoms. The van der Waals surface area contributed by atoms with Crippen molar-refractivity contribution in [2.75, 3.05) is 10.8 Å². The van der Waals surface area contributed by atoms with Crippen molar-refractivity contribution in [2.24, 2.45) is 0 Å². The number of nitrogens with zero attached hydrogens (tertiary/aromatic N) is 3. The lowest BCUT2D eigenvalue weighted by atomic mass is 10.0. The van der Waals surface area contributed by atoms with E-state index < -0.39 is 28.1 Å². The zero-order valence-electron chi connectivity index (χ0n) is 23.5. The number of carbonyl (C=O) groups excluding carboxylic acids is 1. The molecule has 0 amide bonds. The third kappa shape index (κ3) is 7.27. The van der Waals surface area contributed by atoms with E-state index in [1.165, 1.54) is 18.2 Å². The lowest BCUT2D eigenvalue weighted by Gasteiger charge is -2.27. The van der Waals surface area contributed by atoms with Gasteiger partial charge in [0.1, 0.15) is 17.9 Å². The Morgan fingerprint density at radius 2 is 1.65 bits per heavy atom. The SMILES string of the molecule is CC(C)(C)OC(=O)CN(c1ccc2c(-c3nc(COc4ccccc4)no3)cccc2c1)S(=O)(=O)c1cc(Cl)cc(Cl)c1. The Hall–Kier alpha value is -4.12. The van der Waals surface area contributed by atoms with Gasteiger partial charge in [0, 0.05) is 15.6 Å². The molecule has 12 heteroatoms. The van der Waals surface area contributed by atoms with E-state index >= 15 is 0 Å². The van der Waals surface area contributed by atoms with E-state index in [0.717, 1.165) is 9.69 Å². The van der Waals surface area contributed by atoms with Crippen LogP contribution in [0.4, 0.5) is 5.69 Å². The van der Waals surface area contributed by atoms with Crippen LogP contribution in [0, 0.1) is 0 Å².